The molecule has 2 amide bonds. The lowest BCUT2D eigenvalue weighted by atomic mass is 10.00. The number of fused-ring (bicyclic) bond motifs is 1. The van der Waals surface area contributed by atoms with Gasteiger partial charge in [0.25, 0.3) is 0 Å². The van der Waals surface area contributed by atoms with Crippen molar-refractivity contribution in [2.24, 2.45) is 5.92 Å². The van der Waals surface area contributed by atoms with E-state index in [9.17, 15) is 9.59 Å². The van der Waals surface area contributed by atoms with Gasteiger partial charge in [-0.3, -0.25) is 9.59 Å². The Morgan fingerprint density at radius 1 is 1.07 bits per heavy atom. The number of methoxy groups -OCH3 is 2. The van der Waals surface area contributed by atoms with Gasteiger partial charge < -0.3 is 19.7 Å². The highest BCUT2D eigenvalue weighted by molar-refractivity contribution is 5.98. The zero-order valence-electron chi connectivity index (χ0n) is 16.9. The molecule has 0 radical (unpaired) electrons. The number of hydrogen-bond acceptors (Lipinski definition) is 4. The summed E-state index contributed by atoms with van der Waals surface area (Å²) in [5.41, 5.74) is 3.72. The molecule has 0 unspecified atom stereocenters. The van der Waals surface area contributed by atoms with Crippen LogP contribution in [-0.2, 0) is 22.4 Å². The molecule has 0 saturated heterocycles. The Bertz CT molecular complexity index is 936. The van der Waals surface area contributed by atoms with Crippen LogP contribution in [0.2, 0.25) is 0 Å². The molecule has 0 bridgehead atoms. The van der Waals surface area contributed by atoms with Gasteiger partial charge in [0.1, 0.15) is 0 Å². The average Bonchev–Trinajstić information content (AvgIpc) is 3.58. The fourth-order valence-corrected chi connectivity index (χ4v) is 3.84. The van der Waals surface area contributed by atoms with Crippen molar-refractivity contribution in [3.8, 4) is 11.5 Å². The first kappa shape index (κ1) is 19.3. The molecule has 0 spiro atoms. The molecule has 0 atom stereocenters. The summed E-state index contributed by atoms with van der Waals surface area (Å²) < 4.78 is 10.5. The first-order chi connectivity index (χ1) is 14.1. The van der Waals surface area contributed by atoms with Crippen LogP contribution >= 0.6 is 0 Å². The smallest absolute Gasteiger partial charge is 0.230 e. The van der Waals surface area contributed by atoms with Crippen LogP contribution in [0.5, 0.6) is 11.5 Å². The highest BCUT2D eigenvalue weighted by Gasteiger charge is 2.35. The summed E-state index contributed by atoms with van der Waals surface area (Å²) in [5.74, 6) is 1.60. The number of aryl methyl sites for hydroxylation is 1. The summed E-state index contributed by atoms with van der Waals surface area (Å²) in [6.45, 7) is 0.785. The van der Waals surface area contributed by atoms with Crippen molar-refractivity contribution in [3.05, 3.63) is 47.5 Å². The van der Waals surface area contributed by atoms with E-state index in [2.05, 4.69) is 5.32 Å². The lowest BCUT2D eigenvalue weighted by Crippen LogP contribution is -2.36. The summed E-state index contributed by atoms with van der Waals surface area (Å²) in [7, 11) is 3.16. The van der Waals surface area contributed by atoms with Gasteiger partial charge in [-0.15, -0.1) is 0 Å². The van der Waals surface area contributed by atoms with E-state index < -0.39 is 0 Å². The van der Waals surface area contributed by atoms with Crippen LogP contribution in [0.15, 0.2) is 36.4 Å². The summed E-state index contributed by atoms with van der Waals surface area (Å²) in [6, 6.07) is 11.3. The molecular weight excluding hydrogens is 368 g/mol. The van der Waals surface area contributed by atoms with Crippen LogP contribution in [-0.4, -0.2) is 32.6 Å². The van der Waals surface area contributed by atoms with Crippen LogP contribution < -0.4 is 19.7 Å². The van der Waals surface area contributed by atoms with E-state index in [1.54, 1.807) is 20.3 Å². The van der Waals surface area contributed by atoms with Gasteiger partial charge in [-0.05, 0) is 67.1 Å². The number of ether oxygens (including phenoxy) is 2. The molecule has 2 aromatic carbocycles. The minimum Gasteiger partial charge on any atom is -0.493 e. The van der Waals surface area contributed by atoms with Gasteiger partial charge in [0.15, 0.2) is 11.5 Å². The number of carbonyl (C=O) groups excluding carboxylic acids is 2. The maximum atomic E-state index is 12.5. The van der Waals surface area contributed by atoms with Crippen molar-refractivity contribution in [1.29, 1.82) is 0 Å². The van der Waals surface area contributed by atoms with Gasteiger partial charge in [-0.2, -0.15) is 0 Å². The highest BCUT2D eigenvalue weighted by Crippen LogP contribution is 2.36. The van der Waals surface area contributed by atoms with Crippen LogP contribution in [0, 0.1) is 5.92 Å². The average molecular weight is 394 g/mol. The van der Waals surface area contributed by atoms with Crippen molar-refractivity contribution < 1.29 is 19.1 Å². The second kappa shape index (κ2) is 8.15. The number of anilines is 2. The highest BCUT2D eigenvalue weighted by atomic mass is 16.5. The molecule has 29 heavy (non-hydrogen) atoms. The molecule has 1 aliphatic heterocycles. The van der Waals surface area contributed by atoms with Crippen LogP contribution in [0.3, 0.4) is 0 Å². The first-order valence-corrected chi connectivity index (χ1v) is 10.0. The third kappa shape index (κ3) is 4.21. The third-order valence-corrected chi connectivity index (χ3v) is 5.49. The number of carbonyl (C=O) groups is 2. The van der Waals surface area contributed by atoms with Gasteiger partial charge in [0.05, 0.1) is 20.6 Å². The van der Waals surface area contributed by atoms with E-state index >= 15 is 0 Å². The van der Waals surface area contributed by atoms with Crippen molar-refractivity contribution in [2.45, 2.75) is 32.1 Å². The normalized spacial score (nSPS) is 15.4. The Kier molecular flexibility index (Phi) is 5.43. The van der Waals surface area contributed by atoms with E-state index in [4.69, 9.17) is 9.47 Å². The third-order valence-electron chi connectivity index (χ3n) is 5.49. The molecule has 2 aromatic rings. The topological polar surface area (TPSA) is 67.9 Å². The van der Waals surface area contributed by atoms with E-state index in [1.165, 1.54) is 0 Å². The molecule has 1 aliphatic carbocycles. The lowest BCUT2D eigenvalue weighted by molar-refractivity contribution is -0.120. The fourth-order valence-electron chi connectivity index (χ4n) is 3.84. The van der Waals surface area contributed by atoms with Crippen molar-refractivity contribution in [1.82, 2.24) is 0 Å². The van der Waals surface area contributed by atoms with Gasteiger partial charge in [-0.1, -0.05) is 6.07 Å². The quantitative estimate of drug-likeness (QED) is 0.813. The van der Waals surface area contributed by atoms with Crippen molar-refractivity contribution in [2.75, 3.05) is 31.0 Å². The molecular formula is C23H26N2O4. The van der Waals surface area contributed by atoms with Crippen molar-refractivity contribution in [3.63, 3.8) is 0 Å². The second-order valence-electron chi connectivity index (χ2n) is 7.63. The SMILES string of the molecule is COc1ccc(CC(=O)Nc2ccc3c(c2)CCCN3C(=O)C2CC2)cc1OC. The Morgan fingerprint density at radius 2 is 1.86 bits per heavy atom. The van der Waals surface area contributed by atoms with Crippen LogP contribution in [0.4, 0.5) is 11.4 Å². The second-order valence-corrected chi connectivity index (χ2v) is 7.63. The van der Waals surface area contributed by atoms with Gasteiger partial charge in [0.2, 0.25) is 11.8 Å². The summed E-state index contributed by atoms with van der Waals surface area (Å²) in [6.07, 6.45) is 4.13. The maximum Gasteiger partial charge on any atom is 0.230 e. The molecule has 6 nitrogen and oxygen atoms in total. The van der Waals surface area contributed by atoms with Gasteiger partial charge >= 0.3 is 0 Å². The van der Waals surface area contributed by atoms with Crippen LogP contribution in [0.1, 0.15) is 30.4 Å². The number of amides is 2. The van der Waals surface area contributed by atoms with E-state index in [0.717, 1.165) is 54.7 Å². The molecule has 1 N–H and O–H groups in total. The first-order valence-electron chi connectivity index (χ1n) is 10.0. The molecule has 152 valence electrons. The minimum atomic E-state index is -0.0982. The van der Waals surface area contributed by atoms with Gasteiger partial charge in [-0.25, -0.2) is 0 Å². The molecule has 1 saturated carbocycles. The standard InChI is InChI=1S/C23H26N2O4/c1-28-20-10-5-15(12-21(20)29-2)13-22(26)24-18-8-9-19-17(14-18)4-3-11-25(19)23(27)16-6-7-16/h5,8-10,12,14,16H,3-4,6-7,11,13H2,1-2H3,(H,24,26). The zero-order valence-corrected chi connectivity index (χ0v) is 16.9. The molecule has 0 aromatic heterocycles. The lowest BCUT2D eigenvalue weighted by Gasteiger charge is -2.30. The van der Waals surface area contributed by atoms with E-state index in [-0.39, 0.29) is 24.2 Å². The Morgan fingerprint density at radius 3 is 2.59 bits per heavy atom. The Balaban J connectivity index is 1.44. The largest absolute Gasteiger partial charge is 0.493 e. The molecule has 4 rings (SSSR count). The molecule has 2 aliphatic rings. The van der Waals surface area contributed by atoms with Crippen molar-refractivity contribution >= 4 is 23.2 Å². The van der Waals surface area contributed by atoms with Crippen LogP contribution in [0.25, 0.3) is 0 Å². The predicted octanol–water partition coefficient (Wildman–Crippen LogP) is 3.57. The van der Waals surface area contributed by atoms with E-state index in [0.29, 0.717) is 11.5 Å². The summed E-state index contributed by atoms with van der Waals surface area (Å²) >= 11 is 0. The molecule has 6 heteroatoms. The Labute approximate surface area is 170 Å². The summed E-state index contributed by atoms with van der Waals surface area (Å²) in [5, 5.41) is 2.97. The Hall–Kier alpha value is -3.02. The monoisotopic (exact) mass is 394 g/mol. The minimum absolute atomic E-state index is 0.0982. The predicted molar refractivity (Wildman–Crippen MR) is 112 cm³/mol. The van der Waals surface area contributed by atoms with E-state index in [1.807, 2.05) is 35.2 Å². The summed E-state index contributed by atoms with van der Waals surface area (Å²) in [4.78, 5) is 27.0. The van der Waals surface area contributed by atoms with Gasteiger partial charge in [0, 0.05) is 23.8 Å². The number of nitrogens with one attached hydrogen (secondary N) is 1. The zero-order chi connectivity index (χ0) is 20.4. The number of hydrogen-bond donors (Lipinski definition) is 1. The number of rotatable bonds is 6. The maximum absolute atomic E-state index is 12.5. The molecule has 1 fully saturated rings. The molecule has 1 heterocycles. The fraction of sp³-hybridized carbons (Fsp3) is 0.391. The number of nitrogens with zero attached hydrogens (tertiary/aromatic N) is 1. The number of benzene rings is 2.